The van der Waals surface area contributed by atoms with Gasteiger partial charge in [0.15, 0.2) is 0 Å². The number of aliphatic carboxylic acids is 1. The summed E-state index contributed by atoms with van der Waals surface area (Å²) < 4.78 is 29.7. The fourth-order valence-electron chi connectivity index (χ4n) is 1.46. The number of carboxylic acid groups (broad SMARTS) is 1. The molecule has 0 radical (unpaired) electrons. The van der Waals surface area contributed by atoms with Crippen LogP contribution in [-0.4, -0.2) is 44.4 Å². The molecule has 1 aliphatic carbocycles. The molecule has 1 atom stereocenters. The van der Waals surface area contributed by atoms with Crippen molar-refractivity contribution in [3.05, 3.63) is 0 Å². The lowest BCUT2D eigenvalue weighted by molar-refractivity contribution is -0.142. The first-order valence-electron chi connectivity index (χ1n) is 5.63. The highest BCUT2D eigenvalue weighted by molar-refractivity contribution is 7.89. The summed E-state index contributed by atoms with van der Waals surface area (Å²) in [6, 6.07) is -1.28. The normalized spacial score (nSPS) is 17.2. The van der Waals surface area contributed by atoms with Gasteiger partial charge in [0.05, 0.1) is 12.9 Å². The van der Waals surface area contributed by atoms with Crippen molar-refractivity contribution < 1.29 is 27.9 Å². The molecular weight excluding hydrogens is 262 g/mol. The number of carboxylic acids is 1. The Kier molecular flexibility index (Phi) is 5.09. The first kappa shape index (κ1) is 14.9. The van der Waals surface area contributed by atoms with Crippen LogP contribution in [-0.2, 0) is 24.3 Å². The Morgan fingerprint density at radius 3 is 2.50 bits per heavy atom. The molecule has 8 heteroatoms. The third-order valence-corrected chi connectivity index (χ3v) is 4.19. The Morgan fingerprint density at radius 2 is 2.06 bits per heavy atom. The maximum absolute atomic E-state index is 11.6. The summed E-state index contributed by atoms with van der Waals surface area (Å²) >= 11 is 0. The number of esters is 1. The zero-order valence-electron chi connectivity index (χ0n) is 10.1. The second kappa shape index (κ2) is 6.14. The summed E-state index contributed by atoms with van der Waals surface area (Å²) in [5, 5.41) is 8.89. The first-order valence-corrected chi connectivity index (χ1v) is 7.29. The van der Waals surface area contributed by atoms with Gasteiger partial charge in [-0.1, -0.05) is 0 Å². The molecule has 0 amide bonds. The highest BCUT2D eigenvalue weighted by Crippen LogP contribution is 2.30. The van der Waals surface area contributed by atoms with E-state index in [-0.39, 0.29) is 24.5 Å². The van der Waals surface area contributed by atoms with E-state index in [9.17, 15) is 18.0 Å². The van der Waals surface area contributed by atoms with Crippen LogP contribution in [0, 0.1) is 5.92 Å². The van der Waals surface area contributed by atoms with Gasteiger partial charge in [-0.3, -0.25) is 9.59 Å². The predicted octanol–water partition coefficient (Wildman–Crippen LogP) is -0.278. The molecule has 0 bridgehead atoms. The molecule has 0 aromatic heterocycles. The highest BCUT2D eigenvalue weighted by atomic mass is 32.2. The lowest BCUT2D eigenvalue weighted by Gasteiger charge is -2.13. The second-order valence-electron chi connectivity index (χ2n) is 4.35. The van der Waals surface area contributed by atoms with Gasteiger partial charge in [-0.2, -0.15) is 0 Å². The van der Waals surface area contributed by atoms with E-state index in [1.54, 1.807) is 0 Å². The van der Waals surface area contributed by atoms with Crippen LogP contribution in [0.5, 0.6) is 0 Å². The smallest absolute Gasteiger partial charge is 0.321 e. The van der Waals surface area contributed by atoms with Gasteiger partial charge < -0.3 is 9.84 Å². The summed E-state index contributed by atoms with van der Waals surface area (Å²) in [4.78, 5) is 21.8. The summed E-state index contributed by atoms with van der Waals surface area (Å²) in [6.07, 6.45) is 1.47. The maximum Gasteiger partial charge on any atom is 0.321 e. The molecule has 0 heterocycles. The van der Waals surface area contributed by atoms with Crippen LogP contribution in [0.15, 0.2) is 0 Å². The molecule has 1 saturated carbocycles. The van der Waals surface area contributed by atoms with E-state index < -0.39 is 28.0 Å². The average Bonchev–Trinajstić information content (AvgIpc) is 3.06. The summed E-state index contributed by atoms with van der Waals surface area (Å²) in [7, 11) is -2.41. The van der Waals surface area contributed by atoms with Gasteiger partial charge >= 0.3 is 11.9 Å². The van der Waals surface area contributed by atoms with Crippen molar-refractivity contribution in [1.82, 2.24) is 4.72 Å². The molecule has 7 nitrogen and oxygen atoms in total. The zero-order valence-corrected chi connectivity index (χ0v) is 10.9. The first-order chi connectivity index (χ1) is 8.34. The number of hydrogen-bond acceptors (Lipinski definition) is 5. The summed E-state index contributed by atoms with van der Waals surface area (Å²) in [5.74, 6) is -1.77. The standard InChI is InChI=1S/C10H17NO6S/c1-17-9(12)5-4-8(10(13)14)11-18(15,16)6-7-2-3-7/h7-8,11H,2-6H2,1H3,(H,13,14)/t8-/m0/s1. The van der Waals surface area contributed by atoms with Crippen LogP contribution in [0.3, 0.4) is 0 Å². The highest BCUT2D eigenvalue weighted by Gasteiger charge is 2.31. The number of ether oxygens (including phenoxy) is 1. The molecule has 0 unspecified atom stereocenters. The van der Waals surface area contributed by atoms with Gasteiger partial charge in [0.25, 0.3) is 0 Å². The lowest BCUT2D eigenvalue weighted by Crippen LogP contribution is -2.42. The molecule has 1 fully saturated rings. The number of carbonyl (C=O) groups is 2. The van der Waals surface area contributed by atoms with Gasteiger partial charge in [0, 0.05) is 6.42 Å². The minimum absolute atomic E-state index is 0.0466. The molecule has 2 N–H and O–H groups in total. The number of methoxy groups -OCH3 is 1. The molecule has 1 aliphatic rings. The Hall–Kier alpha value is -1.15. The van der Waals surface area contributed by atoms with E-state index in [2.05, 4.69) is 9.46 Å². The summed E-state index contributed by atoms with van der Waals surface area (Å²) in [6.45, 7) is 0. The molecule has 18 heavy (non-hydrogen) atoms. The van der Waals surface area contributed by atoms with Crippen LogP contribution in [0.2, 0.25) is 0 Å². The van der Waals surface area contributed by atoms with Crippen LogP contribution in [0.25, 0.3) is 0 Å². The maximum atomic E-state index is 11.6. The van der Waals surface area contributed by atoms with E-state index in [0.717, 1.165) is 12.8 Å². The quantitative estimate of drug-likeness (QED) is 0.591. The van der Waals surface area contributed by atoms with Crippen LogP contribution >= 0.6 is 0 Å². The number of nitrogens with one attached hydrogen (secondary N) is 1. The van der Waals surface area contributed by atoms with Crippen molar-refractivity contribution in [1.29, 1.82) is 0 Å². The number of carbonyl (C=O) groups excluding carboxylic acids is 1. The average molecular weight is 279 g/mol. The number of sulfonamides is 1. The molecular formula is C10H17NO6S. The second-order valence-corrected chi connectivity index (χ2v) is 6.15. The van der Waals surface area contributed by atoms with Crippen molar-refractivity contribution >= 4 is 22.0 Å². The molecule has 0 aliphatic heterocycles. The van der Waals surface area contributed by atoms with E-state index in [1.807, 2.05) is 0 Å². The Labute approximate surface area is 106 Å². The van der Waals surface area contributed by atoms with Crippen LogP contribution < -0.4 is 4.72 Å². The molecule has 0 aromatic rings. The van der Waals surface area contributed by atoms with Gasteiger partial charge in [-0.15, -0.1) is 0 Å². The molecule has 104 valence electrons. The third kappa shape index (κ3) is 5.46. The Morgan fingerprint density at radius 1 is 1.44 bits per heavy atom. The SMILES string of the molecule is COC(=O)CC[C@H](NS(=O)(=O)CC1CC1)C(=O)O. The lowest BCUT2D eigenvalue weighted by atomic mass is 10.2. The van der Waals surface area contributed by atoms with Crippen LogP contribution in [0.1, 0.15) is 25.7 Å². The minimum atomic E-state index is -3.60. The number of hydrogen-bond donors (Lipinski definition) is 2. The van der Waals surface area contributed by atoms with Crippen LogP contribution in [0.4, 0.5) is 0 Å². The van der Waals surface area contributed by atoms with E-state index in [1.165, 1.54) is 7.11 Å². The van der Waals surface area contributed by atoms with E-state index in [4.69, 9.17) is 5.11 Å². The minimum Gasteiger partial charge on any atom is -0.480 e. The monoisotopic (exact) mass is 279 g/mol. The van der Waals surface area contributed by atoms with E-state index >= 15 is 0 Å². The summed E-state index contributed by atoms with van der Waals surface area (Å²) in [5.41, 5.74) is 0. The molecule has 0 aromatic carbocycles. The van der Waals surface area contributed by atoms with Crippen molar-refractivity contribution in [2.75, 3.05) is 12.9 Å². The zero-order chi connectivity index (χ0) is 13.8. The van der Waals surface area contributed by atoms with Crippen molar-refractivity contribution in [2.45, 2.75) is 31.7 Å². The largest absolute Gasteiger partial charge is 0.480 e. The third-order valence-electron chi connectivity index (χ3n) is 2.64. The molecule has 0 saturated heterocycles. The van der Waals surface area contributed by atoms with E-state index in [0.29, 0.717) is 0 Å². The fraction of sp³-hybridized carbons (Fsp3) is 0.800. The van der Waals surface area contributed by atoms with Crippen molar-refractivity contribution in [3.63, 3.8) is 0 Å². The topological polar surface area (TPSA) is 110 Å². The Balaban J connectivity index is 2.50. The Bertz CT molecular complexity index is 414. The molecule has 1 rings (SSSR count). The van der Waals surface area contributed by atoms with Gasteiger partial charge in [0.1, 0.15) is 6.04 Å². The van der Waals surface area contributed by atoms with Gasteiger partial charge in [-0.25, -0.2) is 13.1 Å². The molecule has 0 spiro atoms. The van der Waals surface area contributed by atoms with Gasteiger partial charge in [-0.05, 0) is 25.2 Å². The fourth-order valence-corrected chi connectivity index (χ4v) is 3.16. The number of rotatable bonds is 8. The van der Waals surface area contributed by atoms with Crippen molar-refractivity contribution in [2.24, 2.45) is 5.92 Å². The predicted molar refractivity (Wildman–Crippen MR) is 62.3 cm³/mol. The van der Waals surface area contributed by atoms with Gasteiger partial charge in [0.2, 0.25) is 10.0 Å². The van der Waals surface area contributed by atoms with Crippen molar-refractivity contribution in [3.8, 4) is 0 Å².